The van der Waals surface area contributed by atoms with E-state index in [0.717, 1.165) is 16.8 Å². The van der Waals surface area contributed by atoms with E-state index >= 15 is 0 Å². The first-order valence-corrected chi connectivity index (χ1v) is 8.39. The number of phenolic OH excluding ortho intramolecular Hbond substituents is 1. The van der Waals surface area contributed by atoms with Crippen LogP contribution in [0.25, 0.3) is 11.3 Å². The van der Waals surface area contributed by atoms with Crippen LogP contribution in [0.2, 0.25) is 0 Å². The Hall–Kier alpha value is -1.45. The first kappa shape index (κ1) is 15.9. The van der Waals surface area contributed by atoms with Crippen molar-refractivity contribution in [1.29, 1.82) is 0 Å². The van der Waals surface area contributed by atoms with Crippen molar-refractivity contribution in [1.82, 2.24) is 9.97 Å². The number of hydrogen-bond donors (Lipinski definition) is 3. The Bertz CT molecular complexity index is 661. The van der Waals surface area contributed by atoms with Gasteiger partial charge in [0.25, 0.3) is 0 Å². The number of nitrogen functional groups attached to an aromatic ring is 1. The van der Waals surface area contributed by atoms with E-state index in [0.29, 0.717) is 11.6 Å². The summed E-state index contributed by atoms with van der Waals surface area (Å²) in [5.41, 5.74) is 9.07. The molecule has 0 spiro atoms. The number of halogens is 1. The molecule has 7 heteroatoms. The summed E-state index contributed by atoms with van der Waals surface area (Å²) < 4.78 is 1.20. The van der Waals surface area contributed by atoms with Crippen LogP contribution in [0.1, 0.15) is 19.4 Å². The largest absolute Gasteiger partial charge is 0.308 e. The Kier molecular flexibility index (Phi) is 4.64. The molecule has 0 atom stereocenters. The number of aromatic nitrogens is 2. The standard InChI is InChI=1S/C13H13IN3O.CH5NO/c1-13(2)10-11(16-6-17-12(10)15)8-4-3-7(18)5-9(8)14-13;1-3-2/h3-6,18H,1-2H3,(H2,15,16,17);2H2,1H3/q-1;. The topological polar surface area (TPSA) is 107 Å². The first-order valence-electron chi connectivity index (χ1n) is 6.24. The van der Waals surface area contributed by atoms with Gasteiger partial charge in [-0.1, -0.05) is 0 Å². The van der Waals surface area contributed by atoms with Crippen LogP contribution in [0.5, 0.6) is 5.75 Å². The molecule has 2 heterocycles. The average Bonchev–Trinajstić information content (AvgIpc) is 2.38. The summed E-state index contributed by atoms with van der Waals surface area (Å²) in [6.45, 7) is 4.34. The predicted molar refractivity (Wildman–Crippen MR) is 76.5 cm³/mol. The summed E-state index contributed by atoms with van der Waals surface area (Å²) in [6, 6.07) is 5.47. The Morgan fingerprint density at radius 3 is 2.62 bits per heavy atom. The van der Waals surface area contributed by atoms with Gasteiger partial charge in [0, 0.05) is 0 Å². The van der Waals surface area contributed by atoms with Gasteiger partial charge in [-0.15, -0.1) is 0 Å². The maximum Gasteiger partial charge on any atom is 0.0569 e. The summed E-state index contributed by atoms with van der Waals surface area (Å²) in [5, 5.41) is 9.62. The van der Waals surface area contributed by atoms with E-state index < -0.39 is 0 Å². The van der Waals surface area contributed by atoms with Gasteiger partial charge in [-0.25, -0.2) is 5.90 Å². The maximum absolute atomic E-state index is 9.62. The molecule has 0 unspecified atom stereocenters. The molecule has 0 saturated carbocycles. The van der Waals surface area contributed by atoms with Crippen LogP contribution in [-0.2, 0) is 8.26 Å². The van der Waals surface area contributed by atoms with Crippen molar-refractivity contribution in [3.8, 4) is 17.0 Å². The summed E-state index contributed by atoms with van der Waals surface area (Å²) in [4.78, 5) is 12.3. The van der Waals surface area contributed by atoms with E-state index in [2.05, 4.69) is 34.5 Å². The molecular weight excluding hydrogens is 383 g/mol. The van der Waals surface area contributed by atoms with Crippen LogP contribution in [0.3, 0.4) is 0 Å². The minimum atomic E-state index is -0.294. The van der Waals surface area contributed by atoms with Crippen LogP contribution in [0.15, 0.2) is 24.5 Å². The Balaban J connectivity index is 0.000000497. The minimum absolute atomic E-state index is 0.0135. The van der Waals surface area contributed by atoms with Gasteiger partial charge in [-0.2, -0.15) is 0 Å². The first-order chi connectivity index (χ1) is 9.90. The van der Waals surface area contributed by atoms with Crippen LogP contribution in [0.4, 0.5) is 5.82 Å². The predicted octanol–water partition coefficient (Wildman–Crippen LogP) is -1.55. The third-order valence-corrected chi connectivity index (χ3v) is 6.38. The Labute approximate surface area is 133 Å². The quantitative estimate of drug-likeness (QED) is 0.280. The van der Waals surface area contributed by atoms with E-state index in [9.17, 15) is 5.11 Å². The Morgan fingerprint density at radius 2 is 1.95 bits per heavy atom. The zero-order chi connectivity index (χ0) is 15.6. The summed E-state index contributed by atoms with van der Waals surface area (Å²) >= 11 is -0.294. The molecule has 21 heavy (non-hydrogen) atoms. The SMILES string of the molecule is CC1(C)[I-]c2cc(O)ccc2-c2ncnc(N)c21.CON. The second-order valence-electron chi connectivity index (χ2n) is 4.95. The number of alkyl halides is 1. The molecule has 1 aliphatic rings. The minimum Gasteiger partial charge on any atom is -0.308 e. The summed E-state index contributed by atoms with van der Waals surface area (Å²) in [5.74, 6) is 5.23. The fraction of sp³-hybridized carbons (Fsp3) is 0.286. The van der Waals surface area contributed by atoms with Gasteiger partial charge >= 0.3 is 116 Å². The van der Waals surface area contributed by atoms with Gasteiger partial charge in [0.1, 0.15) is 0 Å². The number of aromatic hydroxyl groups is 1. The fourth-order valence-electron chi connectivity index (χ4n) is 2.27. The molecule has 0 amide bonds. The summed E-state index contributed by atoms with van der Waals surface area (Å²) in [7, 11) is 1.40. The Morgan fingerprint density at radius 1 is 1.29 bits per heavy atom. The van der Waals surface area contributed by atoms with Gasteiger partial charge in [-0.3, -0.25) is 0 Å². The zero-order valence-electron chi connectivity index (χ0n) is 12.1. The van der Waals surface area contributed by atoms with E-state index in [-0.39, 0.29) is 24.6 Å². The van der Waals surface area contributed by atoms with Crippen LogP contribution < -0.4 is 32.8 Å². The zero-order valence-corrected chi connectivity index (χ0v) is 14.2. The van der Waals surface area contributed by atoms with Gasteiger partial charge < -0.3 is 4.84 Å². The number of anilines is 1. The van der Waals surface area contributed by atoms with Crippen molar-refractivity contribution >= 4 is 5.82 Å². The summed E-state index contributed by atoms with van der Waals surface area (Å²) in [6.07, 6.45) is 1.50. The number of benzene rings is 1. The fourth-order valence-corrected chi connectivity index (χ4v) is 5.72. The van der Waals surface area contributed by atoms with E-state index in [1.54, 1.807) is 6.07 Å². The molecule has 1 aliphatic heterocycles. The molecular formula is C14H18IN4O2-. The number of phenols is 1. The van der Waals surface area contributed by atoms with E-state index in [4.69, 9.17) is 5.73 Å². The second kappa shape index (κ2) is 6.12. The number of fused-ring (bicyclic) bond motifs is 3. The van der Waals surface area contributed by atoms with Crippen LogP contribution in [-0.4, -0.2) is 22.2 Å². The van der Waals surface area contributed by atoms with Gasteiger partial charge in [-0.05, 0) is 0 Å². The van der Waals surface area contributed by atoms with Crippen molar-refractivity contribution in [2.24, 2.45) is 5.90 Å². The molecule has 6 nitrogen and oxygen atoms in total. The monoisotopic (exact) mass is 401 g/mol. The second-order valence-corrected chi connectivity index (χ2v) is 9.35. The smallest absolute Gasteiger partial charge is 0.0569 e. The van der Waals surface area contributed by atoms with Crippen LogP contribution in [0, 0.1) is 3.57 Å². The number of nitrogens with zero attached hydrogens (tertiary/aromatic N) is 2. The molecule has 1 aromatic heterocycles. The molecule has 114 valence electrons. The maximum atomic E-state index is 9.62. The molecule has 3 rings (SSSR count). The number of hydrogen-bond acceptors (Lipinski definition) is 6. The van der Waals surface area contributed by atoms with Crippen molar-refractivity contribution in [3.63, 3.8) is 0 Å². The molecule has 0 aliphatic carbocycles. The average molecular weight is 401 g/mol. The molecule has 5 N–H and O–H groups in total. The molecule has 0 bridgehead atoms. The van der Waals surface area contributed by atoms with Crippen molar-refractivity contribution in [3.05, 3.63) is 33.7 Å². The normalized spacial score (nSPS) is 14.9. The van der Waals surface area contributed by atoms with Crippen molar-refractivity contribution < 1.29 is 31.1 Å². The molecule has 0 radical (unpaired) electrons. The van der Waals surface area contributed by atoms with E-state index in [1.165, 1.54) is 17.0 Å². The molecule has 1 aromatic carbocycles. The number of rotatable bonds is 0. The van der Waals surface area contributed by atoms with Gasteiger partial charge in [0.15, 0.2) is 0 Å². The molecule has 2 aromatic rings. The van der Waals surface area contributed by atoms with E-state index in [1.807, 2.05) is 12.1 Å². The third-order valence-electron chi connectivity index (χ3n) is 3.02. The van der Waals surface area contributed by atoms with Crippen molar-refractivity contribution in [2.75, 3.05) is 12.8 Å². The van der Waals surface area contributed by atoms with Gasteiger partial charge in [0.2, 0.25) is 0 Å². The number of nitrogens with two attached hydrogens (primary N) is 2. The molecule has 0 saturated heterocycles. The van der Waals surface area contributed by atoms with Gasteiger partial charge in [0.05, 0.1) is 7.11 Å². The molecule has 0 fully saturated rings. The van der Waals surface area contributed by atoms with Crippen LogP contribution >= 0.6 is 0 Å². The van der Waals surface area contributed by atoms with Crippen molar-refractivity contribution in [2.45, 2.75) is 17.3 Å². The third kappa shape index (κ3) is 3.09.